The molecular formula is C8H6ClN3S. The number of halogens is 1. The first kappa shape index (κ1) is 8.47. The van der Waals surface area contributed by atoms with Gasteiger partial charge < -0.3 is 0 Å². The van der Waals surface area contributed by atoms with Crippen LogP contribution < -0.4 is 0 Å². The van der Waals surface area contributed by atoms with E-state index in [1.54, 1.807) is 23.1 Å². The van der Waals surface area contributed by atoms with E-state index in [2.05, 4.69) is 10.1 Å². The first-order chi connectivity index (χ1) is 6.27. The molecule has 0 radical (unpaired) electrons. The van der Waals surface area contributed by atoms with Gasteiger partial charge in [-0.3, -0.25) is 5.10 Å². The van der Waals surface area contributed by atoms with Gasteiger partial charge in [-0.15, -0.1) is 0 Å². The van der Waals surface area contributed by atoms with Crippen LogP contribution in [0.3, 0.4) is 0 Å². The Balaban J connectivity index is 2.54. The number of H-pyrrole nitrogens is 1. The van der Waals surface area contributed by atoms with E-state index in [0.717, 1.165) is 5.69 Å². The molecule has 0 fully saturated rings. The SMILES string of the molecule is S=c1nc[nH]n1-c1ccc(Cl)cc1. The summed E-state index contributed by atoms with van der Waals surface area (Å²) in [6, 6.07) is 7.35. The fourth-order valence-corrected chi connectivity index (χ4v) is 1.37. The Bertz CT molecular complexity index is 457. The fraction of sp³-hybridized carbons (Fsp3) is 0. The van der Waals surface area contributed by atoms with Crippen LogP contribution in [0.25, 0.3) is 5.69 Å². The summed E-state index contributed by atoms with van der Waals surface area (Å²) in [5, 5.41) is 3.60. The van der Waals surface area contributed by atoms with Gasteiger partial charge in [0.2, 0.25) is 4.77 Å². The Morgan fingerprint density at radius 3 is 2.54 bits per heavy atom. The van der Waals surface area contributed by atoms with E-state index in [9.17, 15) is 0 Å². The number of hydrogen-bond donors (Lipinski definition) is 1. The summed E-state index contributed by atoms with van der Waals surface area (Å²) < 4.78 is 2.20. The predicted octanol–water partition coefficient (Wildman–Crippen LogP) is 2.58. The molecule has 5 heteroatoms. The fourth-order valence-electron chi connectivity index (χ4n) is 1.03. The molecule has 66 valence electrons. The van der Waals surface area contributed by atoms with Crippen molar-refractivity contribution in [2.24, 2.45) is 0 Å². The third kappa shape index (κ3) is 1.64. The van der Waals surface area contributed by atoms with Gasteiger partial charge in [0.25, 0.3) is 0 Å². The molecule has 1 aromatic carbocycles. The van der Waals surface area contributed by atoms with Crippen molar-refractivity contribution in [1.29, 1.82) is 0 Å². The minimum absolute atomic E-state index is 0.502. The molecule has 0 amide bonds. The monoisotopic (exact) mass is 211 g/mol. The van der Waals surface area contributed by atoms with E-state index >= 15 is 0 Å². The maximum Gasteiger partial charge on any atom is 0.220 e. The smallest absolute Gasteiger partial charge is 0.220 e. The van der Waals surface area contributed by atoms with Gasteiger partial charge in [0.1, 0.15) is 6.33 Å². The third-order valence-corrected chi connectivity index (χ3v) is 2.18. The maximum absolute atomic E-state index is 5.75. The number of rotatable bonds is 1. The third-order valence-electron chi connectivity index (χ3n) is 1.64. The second-order valence-electron chi connectivity index (χ2n) is 2.48. The zero-order chi connectivity index (χ0) is 9.26. The van der Waals surface area contributed by atoms with Crippen molar-refractivity contribution in [3.8, 4) is 5.69 Å². The van der Waals surface area contributed by atoms with Crippen LogP contribution in [0.4, 0.5) is 0 Å². The zero-order valence-electron chi connectivity index (χ0n) is 6.57. The highest BCUT2D eigenvalue weighted by atomic mass is 35.5. The Kier molecular flexibility index (Phi) is 2.16. The molecule has 1 aromatic heterocycles. The summed E-state index contributed by atoms with van der Waals surface area (Å²) in [4.78, 5) is 3.90. The van der Waals surface area contributed by atoms with Crippen LogP contribution in [0, 0.1) is 4.77 Å². The average molecular weight is 212 g/mol. The van der Waals surface area contributed by atoms with Gasteiger partial charge in [0.15, 0.2) is 0 Å². The normalized spacial score (nSPS) is 10.2. The van der Waals surface area contributed by atoms with Crippen molar-refractivity contribution in [2.45, 2.75) is 0 Å². The molecule has 0 aliphatic heterocycles. The molecule has 0 spiro atoms. The Morgan fingerprint density at radius 2 is 2.00 bits per heavy atom. The number of nitrogens with zero attached hydrogens (tertiary/aromatic N) is 2. The topological polar surface area (TPSA) is 33.6 Å². The van der Waals surface area contributed by atoms with Gasteiger partial charge in [0, 0.05) is 5.02 Å². The van der Waals surface area contributed by atoms with Crippen LogP contribution in [0.15, 0.2) is 30.6 Å². The van der Waals surface area contributed by atoms with Crippen LogP contribution in [-0.2, 0) is 0 Å². The highest BCUT2D eigenvalue weighted by Crippen LogP contribution is 2.12. The number of aromatic nitrogens is 3. The largest absolute Gasteiger partial charge is 0.281 e. The van der Waals surface area contributed by atoms with E-state index in [1.165, 1.54) is 0 Å². The van der Waals surface area contributed by atoms with Crippen LogP contribution in [0.1, 0.15) is 0 Å². The molecule has 0 saturated heterocycles. The molecule has 0 atom stereocenters. The van der Waals surface area contributed by atoms with Gasteiger partial charge in [0.05, 0.1) is 5.69 Å². The zero-order valence-corrected chi connectivity index (χ0v) is 8.14. The van der Waals surface area contributed by atoms with Gasteiger partial charge in [-0.25, -0.2) is 9.67 Å². The number of hydrogen-bond acceptors (Lipinski definition) is 2. The summed E-state index contributed by atoms with van der Waals surface area (Å²) in [6.45, 7) is 0. The number of benzene rings is 1. The Morgan fingerprint density at radius 1 is 1.31 bits per heavy atom. The standard InChI is InChI=1S/C8H6ClN3S/c9-6-1-3-7(4-2-6)12-8(13)10-5-11-12/h1-5H,(H,10,11,13). The van der Waals surface area contributed by atoms with E-state index in [1.807, 2.05) is 12.1 Å². The predicted molar refractivity (Wildman–Crippen MR) is 53.8 cm³/mol. The van der Waals surface area contributed by atoms with E-state index in [-0.39, 0.29) is 0 Å². The first-order valence-corrected chi connectivity index (χ1v) is 4.44. The van der Waals surface area contributed by atoms with E-state index in [0.29, 0.717) is 9.79 Å². The molecule has 13 heavy (non-hydrogen) atoms. The van der Waals surface area contributed by atoms with Gasteiger partial charge in [-0.2, -0.15) is 0 Å². The minimum Gasteiger partial charge on any atom is -0.281 e. The highest BCUT2D eigenvalue weighted by Gasteiger charge is 1.96. The molecule has 0 saturated carbocycles. The summed E-state index contributed by atoms with van der Waals surface area (Å²) in [5.41, 5.74) is 0.923. The Hall–Kier alpha value is -1.13. The lowest BCUT2D eigenvalue weighted by atomic mass is 10.3. The van der Waals surface area contributed by atoms with Crippen molar-refractivity contribution >= 4 is 23.8 Å². The van der Waals surface area contributed by atoms with Crippen molar-refractivity contribution < 1.29 is 0 Å². The maximum atomic E-state index is 5.75. The summed E-state index contributed by atoms with van der Waals surface area (Å²) in [7, 11) is 0. The van der Waals surface area contributed by atoms with Crippen LogP contribution in [-0.4, -0.2) is 14.8 Å². The van der Waals surface area contributed by atoms with Gasteiger partial charge in [-0.1, -0.05) is 11.6 Å². The Labute approximate surface area is 85.0 Å². The molecule has 2 aromatic rings. The molecule has 0 unspecified atom stereocenters. The summed E-state index contributed by atoms with van der Waals surface area (Å²) in [5.74, 6) is 0. The van der Waals surface area contributed by atoms with Gasteiger partial charge in [-0.05, 0) is 36.5 Å². The highest BCUT2D eigenvalue weighted by molar-refractivity contribution is 7.71. The lowest BCUT2D eigenvalue weighted by Gasteiger charge is -2.00. The number of nitrogens with one attached hydrogen (secondary N) is 1. The lowest BCUT2D eigenvalue weighted by molar-refractivity contribution is 0.866. The van der Waals surface area contributed by atoms with Crippen LogP contribution >= 0.6 is 23.8 Å². The van der Waals surface area contributed by atoms with E-state index in [4.69, 9.17) is 23.8 Å². The summed E-state index contributed by atoms with van der Waals surface area (Å²) >= 11 is 10.7. The number of aromatic amines is 1. The van der Waals surface area contributed by atoms with Crippen LogP contribution in [0.2, 0.25) is 5.02 Å². The molecule has 2 rings (SSSR count). The van der Waals surface area contributed by atoms with Crippen molar-refractivity contribution in [3.05, 3.63) is 40.4 Å². The lowest BCUT2D eigenvalue weighted by Crippen LogP contribution is -1.95. The minimum atomic E-state index is 0.502. The molecule has 0 bridgehead atoms. The molecule has 1 heterocycles. The average Bonchev–Trinajstić information content (AvgIpc) is 2.53. The second kappa shape index (κ2) is 3.32. The molecule has 0 aliphatic rings. The molecule has 3 nitrogen and oxygen atoms in total. The van der Waals surface area contributed by atoms with E-state index < -0.39 is 0 Å². The van der Waals surface area contributed by atoms with Crippen molar-refractivity contribution in [3.63, 3.8) is 0 Å². The second-order valence-corrected chi connectivity index (χ2v) is 3.28. The quantitative estimate of drug-likeness (QED) is 0.736. The first-order valence-electron chi connectivity index (χ1n) is 3.66. The molecular weight excluding hydrogens is 206 g/mol. The van der Waals surface area contributed by atoms with Crippen molar-refractivity contribution in [1.82, 2.24) is 14.8 Å². The molecule has 1 N–H and O–H groups in total. The summed E-state index contributed by atoms with van der Waals surface area (Å²) in [6.07, 6.45) is 1.55. The molecule has 0 aliphatic carbocycles. The van der Waals surface area contributed by atoms with Crippen LogP contribution in [0.5, 0.6) is 0 Å². The van der Waals surface area contributed by atoms with Gasteiger partial charge >= 0.3 is 0 Å². The van der Waals surface area contributed by atoms with Crippen molar-refractivity contribution in [2.75, 3.05) is 0 Å².